The molecule has 2 unspecified atom stereocenters. The third kappa shape index (κ3) is 4.88. The molecule has 0 N–H and O–H groups in total. The molecule has 0 bridgehead atoms. The Labute approximate surface area is 212 Å². The van der Waals surface area contributed by atoms with Crippen molar-refractivity contribution < 1.29 is 9.53 Å². The normalized spacial score (nSPS) is 17.0. The van der Waals surface area contributed by atoms with Crippen LogP contribution >= 0.6 is 22.9 Å². The Morgan fingerprint density at radius 2 is 2.00 bits per heavy atom. The van der Waals surface area contributed by atoms with Gasteiger partial charge in [0.15, 0.2) is 0 Å². The van der Waals surface area contributed by atoms with Crippen molar-refractivity contribution in [2.24, 2.45) is 0 Å². The van der Waals surface area contributed by atoms with Gasteiger partial charge in [-0.2, -0.15) is 0 Å². The van der Waals surface area contributed by atoms with Gasteiger partial charge in [-0.05, 0) is 42.3 Å². The molecule has 4 aromatic rings. The van der Waals surface area contributed by atoms with Crippen LogP contribution < -0.4 is 10.5 Å². The Morgan fingerprint density at radius 1 is 1.23 bits per heavy atom. The lowest BCUT2D eigenvalue weighted by atomic mass is 10.2. The number of amides is 1. The molecule has 0 spiro atoms. The number of para-hydroxylation sites is 1. The van der Waals surface area contributed by atoms with Crippen molar-refractivity contribution in [3.8, 4) is 10.4 Å². The third-order valence-corrected chi connectivity index (χ3v) is 7.84. The lowest BCUT2D eigenvalue weighted by Crippen LogP contribution is -2.44. The largest absolute Gasteiger partial charge is 0.364 e. The average Bonchev–Trinajstić information content (AvgIpc) is 3.54. The number of nitrogens with zero attached hydrogens (tertiary/aromatic N) is 4. The van der Waals surface area contributed by atoms with E-state index in [0.717, 1.165) is 35.5 Å². The van der Waals surface area contributed by atoms with Crippen molar-refractivity contribution in [3.63, 3.8) is 0 Å². The highest BCUT2D eigenvalue weighted by Crippen LogP contribution is 2.32. The summed E-state index contributed by atoms with van der Waals surface area (Å²) in [5.74, 6) is 0. The number of thiophene rings is 1. The Kier molecular flexibility index (Phi) is 6.97. The van der Waals surface area contributed by atoms with Crippen molar-refractivity contribution in [1.82, 2.24) is 14.5 Å². The smallest absolute Gasteiger partial charge is 0.271 e. The van der Waals surface area contributed by atoms with E-state index in [9.17, 15) is 9.59 Å². The van der Waals surface area contributed by atoms with Crippen molar-refractivity contribution in [2.75, 3.05) is 31.6 Å². The summed E-state index contributed by atoms with van der Waals surface area (Å²) in [6.45, 7) is 1.80. The SMILES string of the molecule is COC(CN(C=O)c1ccccc1)N1CCC(n2cnc3cc(-c4ccc(Cl)cc4)sc3c2=O)C1. The van der Waals surface area contributed by atoms with Crippen LogP contribution in [-0.4, -0.2) is 53.8 Å². The number of halogens is 1. The number of aromatic nitrogens is 2. The molecule has 0 radical (unpaired) electrons. The van der Waals surface area contributed by atoms with Gasteiger partial charge in [-0.15, -0.1) is 11.3 Å². The molecule has 5 rings (SSSR count). The number of fused-ring (bicyclic) bond motifs is 1. The fraction of sp³-hybridized carbons (Fsp3) is 0.269. The summed E-state index contributed by atoms with van der Waals surface area (Å²) in [6, 6.07) is 19.0. The number of anilines is 1. The van der Waals surface area contributed by atoms with Crippen molar-refractivity contribution in [3.05, 3.63) is 82.4 Å². The van der Waals surface area contributed by atoms with Crippen LogP contribution in [0.5, 0.6) is 0 Å². The molecule has 1 fully saturated rings. The fourth-order valence-electron chi connectivity index (χ4n) is 4.53. The number of methoxy groups -OCH3 is 1. The Morgan fingerprint density at radius 3 is 2.71 bits per heavy atom. The van der Waals surface area contributed by atoms with Crippen LogP contribution in [-0.2, 0) is 9.53 Å². The van der Waals surface area contributed by atoms with Crippen molar-refractivity contribution >= 4 is 45.3 Å². The van der Waals surface area contributed by atoms with E-state index >= 15 is 0 Å². The van der Waals surface area contributed by atoms with Gasteiger partial charge >= 0.3 is 0 Å². The van der Waals surface area contributed by atoms with Gasteiger partial charge in [-0.1, -0.05) is 41.9 Å². The van der Waals surface area contributed by atoms with E-state index in [-0.39, 0.29) is 17.8 Å². The highest BCUT2D eigenvalue weighted by atomic mass is 35.5. The zero-order valence-corrected chi connectivity index (χ0v) is 20.8. The molecule has 0 saturated carbocycles. The summed E-state index contributed by atoms with van der Waals surface area (Å²) in [5, 5.41) is 0.676. The number of hydrogen-bond donors (Lipinski definition) is 0. The van der Waals surface area contributed by atoms with Gasteiger partial charge in [-0.3, -0.25) is 19.1 Å². The predicted octanol–water partition coefficient (Wildman–Crippen LogP) is 4.66. The number of ether oxygens (including phenoxy) is 1. The summed E-state index contributed by atoms with van der Waals surface area (Å²) in [7, 11) is 1.65. The number of carbonyl (C=O) groups excluding carboxylic acids is 1. The molecular weight excluding hydrogens is 484 g/mol. The highest BCUT2D eigenvalue weighted by molar-refractivity contribution is 7.22. The van der Waals surface area contributed by atoms with Crippen LogP contribution in [0.3, 0.4) is 0 Å². The Hall–Kier alpha value is -3.04. The second-order valence-corrected chi connectivity index (χ2v) is 10.00. The number of likely N-dealkylation sites (tertiary alicyclic amines) is 1. The van der Waals surface area contributed by atoms with Gasteiger partial charge in [0.1, 0.15) is 10.9 Å². The van der Waals surface area contributed by atoms with E-state index in [1.807, 2.05) is 60.7 Å². The summed E-state index contributed by atoms with van der Waals surface area (Å²) >= 11 is 7.47. The number of hydrogen-bond acceptors (Lipinski definition) is 6. The molecule has 7 nitrogen and oxygen atoms in total. The summed E-state index contributed by atoms with van der Waals surface area (Å²) in [5.41, 5.74) is 2.51. The average molecular weight is 509 g/mol. The topological polar surface area (TPSA) is 67.7 Å². The zero-order valence-electron chi connectivity index (χ0n) is 19.2. The summed E-state index contributed by atoms with van der Waals surface area (Å²) in [6.07, 6.45) is 3.00. The number of rotatable bonds is 8. The summed E-state index contributed by atoms with van der Waals surface area (Å²) < 4.78 is 8.14. The van der Waals surface area contributed by atoms with E-state index in [2.05, 4.69) is 9.88 Å². The monoisotopic (exact) mass is 508 g/mol. The maximum atomic E-state index is 13.4. The lowest BCUT2D eigenvalue weighted by molar-refractivity contribution is -0.108. The van der Waals surface area contributed by atoms with E-state index < -0.39 is 0 Å². The molecule has 180 valence electrons. The maximum absolute atomic E-state index is 13.4. The minimum Gasteiger partial charge on any atom is -0.364 e. The van der Waals surface area contributed by atoms with E-state index in [1.54, 1.807) is 22.9 Å². The lowest BCUT2D eigenvalue weighted by Gasteiger charge is -2.30. The first kappa shape index (κ1) is 23.7. The van der Waals surface area contributed by atoms with E-state index in [4.69, 9.17) is 16.3 Å². The van der Waals surface area contributed by atoms with Crippen LogP contribution in [0.4, 0.5) is 5.69 Å². The Bertz CT molecular complexity index is 1370. The molecule has 3 heterocycles. The molecule has 2 aromatic carbocycles. The van der Waals surface area contributed by atoms with E-state index in [1.165, 1.54) is 11.3 Å². The summed E-state index contributed by atoms with van der Waals surface area (Å²) in [4.78, 5) is 34.5. The van der Waals surface area contributed by atoms with Crippen molar-refractivity contribution in [2.45, 2.75) is 18.7 Å². The number of benzene rings is 2. The second kappa shape index (κ2) is 10.3. The van der Waals surface area contributed by atoms with Crippen LogP contribution in [0, 0.1) is 0 Å². The first-order valence-corrected chi connectivity index (χ1v) is 12.6. The van der Waals surface area contributed by atoms with Gasteiger partial charge < -0.3 is 9.64 Å². The van der Waals surface area contributed by atoms with Gasteiger partial charge in [-0.25, -0.2) is 4.98 Å². The highest BCUT2D eigenvalue weighted by Gasteiger charge is 2.31. The molecule has 1 amide bonds. The van der Waals surface area contributed by atoms with Crippen LogP contribution in [0.2, 0.25) is 5.02 Å². The first-order valence-electron chi connectivity index (χ1n) is 11.4. The molecule has 2 atom stereocenters. The van der Waals surface area contributed by atoms with Gasteiger partial charge in [0, 0.05) is 35.8 Å². The molecule has 1 saturated heterocycles. The van der Waals surface area contributed by atoms with Gasteiger partial charge in [0.25, 0.3) is 5.56 Å². The Balaban J connectivity index is 1.34. The third-order valence-electron chi connectivity index (χ3n) is 6.43. The maximum Gasteiger partial charge on any atom is 0.271 e. The standard InChI is InChI=1S/C26H25ClN4O3S/c1-34-24(15-30(17-32)20-5-3-2-4-6-20)29-12-11-21(14-29)31-16-28-22-13-23(35-25(22)26(31)33)18-7-9-19(27)10-8-18/h2-10,13,16-17,21,24H,11-12,14-15H2,1H3. The molecule has 9 heteroatoms. The fourth-order valence-corrected chi connectivity index (χ4v) is 5.71. The first-order chi connectivity index (χ1) is 17.1. The van der Waals surface area contributed by atoms with Crippen LogP contribution in [0.25, 0.3) is 20.7 Å². The molecular formula is C26H25ClN4O3S. The minimum atomic E-state index is -0.281. The van der Waals surface area contributed by atoms with E-state index in [0.29, 0.717) is 28.3 Å². The molecule has 0 aliphatic carbocycles. The van der Waals surface area contributed by atoms with Crippen LogP contribution in [0.1, 0.15) is 12.5 Å². The zero-order chi connectivity index (χ0) is 24.4. The van der Waals surface area contributed by atoms with Crippen molar-refractivity contribution in [1.29, 1.82) is 0 Å². The molecule has 35 heavy (non-hydrogen) atoms. The molecule has 1 aliphatic heterocycles. The quantitative estimate of drug-likeness (QED) is 0.324. The van der Waals surface area contributed by atoms with Crippen LogP contribution in [0.15, 0.2) is 71.8 Å². The second-order valence-electron chi connectivity index (χ2n) is 8.51. The predicted molar refractivity (Wildman–Crippen MR) is 140 cm³/mol. The van der Waals surface area contributed by atoms with Gasteiger partial charge in [0.05, 0.1) is 24.4 Å². The molecule has 2 aromatic heterocycles. The van der Waals surface area contributed by atoms with Gasteiger partial charge in [0.2, 0.25) is 6.41 Å². The number of carbonyl (C=O) groups is 1. The minimum absolute atomic E-state index is 0.0143. The molecule has 1 aliphatic rings.